The highest BCUT2D eigenvalue weighted by Crippen LogP contribution is 2.27. The van der Waals surface area contributed by atoms with Crippen LogP contribution in [-0.2, 0) is 11.2 Å². The fourth-order valence-corrected chi connectivity index (χ4v) is 3.67. The lowest BCUT2D eigenvalue weighted by molar-refractivity contribution is -0.117. The molecule has 0 unspecified atom stereocenters. The van der Waals surface area contributed by atoms with Crippen LogP contribution in [0.3, 0.4) is 0 Å². The van der Waals surface area contributed by atoms with Gasteiger partial charge in [-0.1, -0.05) is 11.6 Å². The molecule has 2 heterocycles. The molecule has 0 aliphatic heterocycles. The smallest absolute Gasteiger partial charge is 0.243 e. The number of carbonyl (C=O) groups excluding carboxylic acids is 1. The van der Waals surface area contributed by atoms with Crippen LogP contribution in [-0.4, -0.2) is 16.9 Å². The third-order valence-corrected chi connectivity index (χ3v) is 4.85. The normalized spacial score (nSPS) is 12.4. The molecule has 3 N–H and O–H groups in total. The summed E-state index contributed by atoms with van der Waals surface area (Å²) in [6, 6.07) is 1.29. The van der Waals surface area contributed by atoms with E-state index in [1.54, 1.807) is 0 Å². The molecule has 19 heavy (non-hydrogen) atoms. The number of hydrogen-bond donors (Lipinski definition) is 2. The largest absolute Gasteiger partial charge is 0.320 e. The second-order valence-electron chi connectivity index (χ2n) is 4.25. The second kappa shape index (κ2) is 6.00. The van der Waals surface area contributed by atoms with E-state index >= 15 is 0 Å². The van der Waals surface area contributed by atoms with Crippen molar-refractivity contribution in [2.24, 2.45) is 5.73 Å². The maximum Gasteiger partial charge on any atom is 0.243 e. The third-order valence-electron chi connectivity index (χ3n) is 2.58. The monoisotopic (exact) mass is 315 g/mol. The third kappa shape index (κ3) is 3.76. The molecule has 1 amide bonds. The van der Waals surface area contributed by atoms with Crippen LogP contribution in [0.2, 0.25) is 4.34 Å². The molecule has 0 aromatic carbocycles. The zero-order chi connectivity index (χ0) is 14.0. The van der Waals surface area contributed by atoms with Gasteiger partial charge in [0.25, 0.3) is 0 Å². The lowest BCUT2D eigenvalue weighted by Gasteiger charge is -2.10. The molecule has 7 heteroatoms. The Morgan fingerprint density at radius 2 is 2.32 bits per heavy atom. The van der Waals surface area contributed by atoms with Gasteiger partial charge >= 0.3 is 0 Å². The van der Waals surface area contributed by atoms with Crippen LogP contribution < -0.4 is 11.1 Å². The van der Waals surface area contributed by atoms with Gasteiger partial charge in [-0.05, 0) is 25.5 Å². The number of nitrogens with two attached hydrogens (primary N) is 1. The van der Waals surface area contributed by atoms with Crippen molar-refractivity contribution in [1.29, 1.82) is 0 Å². The molecule has 2 aromatic heterocycles. The quantitative estimate of drug-likeness (QED) is 0.911. The van der Waals surface area contributed by atoms with Crippen molar-refractivity contribution in [2.45, 2.75) is 26.3 Å². The highest BCUT2D eigenvalue weighted by molar-refractivity contribution is 7.16. The standard InChI is InChI=1S/C12H14ClN3OS2/c1-6-3-10(13)19-9(6)4-8(14)11(17)16-12-15-7(2)5-18-12/h3,5,8H,4,14H2,1-2H3,(H,15,16,17)/t8-/m0/s1. The summed E-state index contributed by atoms with van der Waals surface area (Å²) in [5.41, 5.74) is 7.87. The van der Waals surface area contributed by atoms with Crippen molar-refractivity contribution in [2.75, 3.05) is 5.32 Å². The number of thiophene rings is 1. The fourth-order valence-electron chi connectivity index (χ4n) is 1.58. The van der Waals surface area contributed by atoms with Gasteiger partial charge in [0.15, 0.2) is 5.13 Å². The molecule has 0 radical (unpaired) electrons. The van der Waals surface area contributed by atoms with Gasteiger partial charge in [0.05, 0.1) is 16.1 Å². The Bertz CT molecular complexity index is 594. The minimum absolute atomic E-state index is 0.224. The molecular formula is C12H14ClN3OS2. The van der Waals surface area contributed by atoms with E-state index in [1.165, 1.54) is 22.7 Å². The summed E-state index contributed by atoms with van der Waals surface area (Å²) in [6.45, 7) is 3.84. The van der Waals surface area contributed by atoms with E-state index in [1.807, 2.05) is 25.3 Å². The summed E-state index contributed by atoms with van der Waals surface area (Å²) in [7, 11) is 0. The van der Waals surface area contributed by atoms with E-state index in [2.05, 4.69) is 10.3 Å². The van der Waals surface area contributed by atoms with Crippen LogP contribution >= 0.6 is 34.3 Å². The van der Waals surface area contributed by atoms with E-state index in [-0.39, 0.29) is 5.91 Å². The van der Waals surface area contributed by atoms with Crippen molar-refractivity contribution >= 4 is 45.3 Å². The molecule has 1 atom stereocenters. The van der Waals surface area contributed by atoms with Gasteiger partial charge in [-0.2, -0.15) is 0 Å². The van der Waals surface area contributed by atoms with Gasteiger partial charge in [-0.25, -0.2) is 4.98 Å². The Kier molecular flexibility index (Phi) is 4.57. The van der Waals surface area contributed by atoms with Gasteiger partial charge < -0.3 is 11.1 Å². The van der Waals surface area contributed by atoms with E-state index in [0.29, 0.717) is 11.6 Å². The van der Waals surface area contributed by atoms with Crippen LogP contribution in [0.1, 0.15) is 16.1 Å². The van der Waals surface area contributed by atoms with E-state index < -0.39 is 6.04 Å². The number of carbonyl (C=O) groups is 1. The van der Waals surface area contributed by atoms with E-state index in [4.69, 9.17) is 17.3 Å². The predicted molar refractivity (Wildman–Crippen MR) is 81.2 cm³/mol. The maximum atomic E-state index is 11.9. The minimum atomic E-state index is -0.599. The fraction of sp³-hybridized carbons (Fsp3) is 0.333. The molecule has 0 aliphatic rings. The summed E-state index contributed by atoms with van der Waals surface area (Å²) in [6.07, 6.45) is 0.486. The summed E-state index contributed by atoms with van der Waals surface area (Å²) in [4.78, 5) is 17.2. The molecule has 0 bridgehead atoms. The first-order valence-electron chi connectivity index (χ1n) is 5.69. The van der Waals surface area contributed by atoms with Crippen LogP contribution in [0.25, 0.3) is 0 Å². The van der Waals surface area contributed by atoms with Gasteiger partial charge in [0.2, 0.25) is 5.91 Å². The first kappa shape index (κ1) is 14.5. The number of aryl methyl sites for hydroxylation is 2. The van der Waals surface area contributed by atoms with Gasteiger partial charge in [0, 0.05) is 16.7 Å². The van der Waals surface area contributed by atoms with Crippen molar-refractivity contribution < 1.29 is 4.79 Å². The van der Waals surface area contributed by atoms with Crippen LogP contribution in [0.15, 0.2) is 11.4 Å². The van der Waals surface area contributed by atoms with Crippen LogP contribution in [0.5, 0.6) is 0 Å². The number of amides is 1. The predicted octanol–water partition coefficient (Wildman–Crippen LogP) is 2.98. The number of halogens is 1. The molecular weight excluding hydrogens is 302 g/mol. The molecule has 0 spiro atoms. The van der Waals surface area contributed by atoms with Crippen molar-refractivity contribution in [3.05, 3.63) is 31.9 Å². The highest BCUT2D eigenvalue weighted by atomic mass is 35.5. The van der Waals surface area contributed by atoms with Gasteiger partial charge in [-0.3, -0.25) is 4.79 Å². The Labute approximate surface area is 124 Å². The van der Waals surface area contributed by atoms with Crippen molar-refractivity contribution in [3.8, 4) is 0 Å². The molecule has 2 rings (SSSR count). The average molecular weight is 316 g/mol. The number of anilines is 1. The summed E-state index contributed by atoms with van der Waals surface area (Å²) in [5.74, 6) is -0.224. The Hall–Kier alpha value is -0.950. The van der Waals surface area contributed by atoms with Gasteiger partial charge in [0.1, 0.15) is 0 Å². The number of aromatic nitrogens is 1. The minimum Gasteiger partial charge on any atom is -0.320 e. The number of rotatable bonds is 4. The Morgan fingerprint density at radius 3 is 2.84 bits per heavy atom. The molecule has 0 saturated heterocycles. The lowest BCUT2D eigenvalue weighted by atomic mass is 10.1. The Balaban J connectivity index is 1.97. The van der Waals surface area contributed by atoms with Crippen LogP contribution in [0.4, 0.5) is 5.13 Å². The van der Waals surface area contributed by atoms with Crippen molar-refractivity contribution in [3.63, 3.8) is 0 Å². The zero-order valence-electron chi connectivity index (χ0n) is 10.6. The number of hydrogen-bond acceptors (Lipinski definition) is 5. The van der Waals surface area contributed by atoms with E-state index in [0.717, 1.165) is 20.5 Å². The number of nitrogens with one attached hydrogen (secondary N) is 1. The first-order chi connectivity index (χ1) is 8.95. The van der Waals surface area contributed by atoms with Gasteiger partial charge in [-0.15, -0.1) is 22.7 Å². The number of thiazole rings is 1. The lowest BCUT2D eigenvalue weighted by Crippen LogP contribution is -2.37. The molecule has 102 valence electrons. The number of nitrogens with zero attached hydrogens (tertiary/aromatic N) is 1. The summed E-state index contributed by atoms with van der Waals surface area (Å²) < 4.78 is 0.718. The zero-order valence-corrected chi connectivity index (χ0v) is 13.0. The average Bonchev–Trinajstić information content (AvgIpc) is 2.85. The summed E-state index contributed by atoms with van der Waals surface area (Å²) >= 11 is 8.78. The topological polar surface area (TPSA) is 68.0 Å². The molecule has 0 fully saturated rings. The molecule has 4 nitrogen and oxygen atoms in total. The molecule has 2 aromatic rings. The molecule has 0 saturated carbocycles. The van der Waals surface area contributed by atoms with Crippen molar-refractivity contribution in [1.82, 2.24) is 4.98 Å². The second-order valence-corrected chi connectivity index (χ2v) is 6.88. The highest BCUT2D eigenvalue weighted by Gasteiger charge is 2.17. The first-order valence-corrected chi connectivity index (χ1v) is 7.76. The maximum absolute atomic E-state index is 11.9. The SMILES string of the molecule is Cc1csc(NC(=O)[C@@H](N)Cc2sc(Cl)cc2C)n1. The van der Waals surface area contributed by atoms with E-state index in [9.17, 15) is 4.79 Å². The summed E-state index contributed by atoms with van der Waals surface area (Å²) in [5, 5.41) is 5.19. The molecule has 0 aliphatic carbocycles. The van der Waals surface area contributed by atoms with Crippen LogP contribution in [0, 0.1) is 13.8 Å². The Morgan fingerprint density at radius 1 is 1.58 bits per heavy atom.